The highest BCUT2D eigenvalue weighted by atomic mass is 16.5. The summed E-state index contributed by atoms with van der Waals surface area (Å²) in [6, 6.07) is 7.41. The molecule has 1 saturated heterocycles. The van der Waals surface area contributed by atoms with Crippen molar-refractivity contribution in [1.82, 2.24) is 20.0 Å². The van der Waals surface area contributed by atoms with Crippen LogP contribution in [-0.4, -0.2) is 130 Å². The van der Waals surface area contributed by atoms with Crippen LogP contribution in [0.5, 0.6) is 0 Å². The number of ketones is 1. The van der Waals surface area contributed by atoms with E-state index in [-0.39, 0.29) is 72.6 Å². The Morgan fingerprint density at radius 1 is 0.889 bits per heavy atom. The van der Waals surface area contributed by atoms with E-state index in [1.165, 1.54) is 14.2 Å². The molecule has 1 N–H and O–H groups in total. The van der Waals surface area contributed by atoms with E-state index in [1.807, 2.05) is 77.0 Å². The third-order valence-corrected chi connectivity index (χ3v) is 11.4. The molecule has 0 spiro atoms. The molecule has 1 aliphatic heterocycles. The van der Waals surface area contributed by atoms with Gasteiger partial charge in [0.2, 0.25) is 17.7 Å². The number of nitrogens with one attached hydrogen (secondary N) is 1. The number of esters is 1. The second-order valence-electron chi connectivity index (χ2n) is 16.0. The molecule has 0 saturated carbocycles. The normalized spacial score (nSPS) is 19.1. The van der Waals surface area contributed by atoms with Gasteiger partial charge in [-0.15, -0.1) is 0 Å². The van der Waals surface area contributed by atoms with E-state index < -0.39 is 42.1 Å². The zero-order valence-electron chi connectivity index (χ0n) is 35.3. The Labute approximate surface area is 325 Å². The summed E-state index contributed by atoms with van der Waals surface area (Å²) in [5, 5.41) is 2.86. The molecule has 9 atom stereocenters. The summed E-state index contributed by atoms with van der Waals surface area (Å²) in [5.74, 6) is -2.34. The van der Waals surface area contributed by atoms with Gasteiger partial charge in [0.15, 0.2) is 5.78 Å². The molecule has 1 aliphatic rings. The first-order valence-corrected chi connectivity index (χ1v) is 19.7. The molecule has 0 aliphatic carbocycles. The Hall–Kier alpha value is -3.35. The second-order valence-corrected chi connectivity index (χ2v) is 16.0. The van der Waals surface area contributed by atoms with Gasteiger partial charge in [-0.05, 0) is 50.3 Å². The Bertz CT molecular complexity index is 1350. The van der Waals surface area contributed by atoms with E-state index in [2.05, 4.69) is 19.2 Å². The third kappa shape index (κ3) is 12.3. The highest BCUT2D eigenvalue weighted by Gasteiger charge is 2.43. The van der Waals surface area contributed by atoms with Gasteiger partial charge in [0.25, 0.3) is 0 Å². The van der Waals surface area contributed by atoms with E-state index in [0.717, 1.165) is 18.4 Å². The van der Waals surface area contributed by atoms with Crippen molar-refractivity contribution >= 4 is 29.5 Å². The van der Waals surface area contributed by atoms with Gasteiger partial charge in [0, 0.05) is 46.6 Å². The molecule has 0 aromatic heterocycles. The summed E-state index contributed by atoms with van der Waals surface area (Å²) in [7, 11) is 9.94. The lowest BCUT2D eigenvalue weighted by molar-refractivity contribution is -0.150. The molecule has 1 aromatic rings. The Kier molecular flexibility index (Phi) is 19.3. The van der Waals surface area contributed by atoms with Crippen molar-refractivity contribution in [2.75, 3.05) is 49.0 Å². The van der Waals surface area contributed by atoms with Gasteiger partial charge >= 0.3 is 5.97 Å². The largest absolute Gasteiger partial charge is 0.467 e. The van der Waals surface area contributed by atoms with E-state index in [1.54, 1.807) is 30.9 Å². The molecule has 0 bridgehead atoms. The molecule has 3 amide bonds. The predicted octanol–water partition coefficient (Wildman–Crippen LogP) is 4.62. The first kappa shape index (κ1) is 46.8. The zero-order chi connectivity index (χ0) is 40.9. The average molecular weight is 759 g/mol. The minimum atomic E-state index is -0.885. The molecule has 1 fully saturated rings. The minimum Gasteiger partial charge on any atom is -0.467 e. The van der Waals surface area contributed by atoms with E-state index >= 15 is 0 Å². The van der Waals surface area contributed by atoms with Crippen molar-refractivity contribution < 1.29 is 38.2 Å². The van der Waals surface area contributed by atoms with Crippen LogP contribution in [0.4, 0.5) is 0 Å². The van der Waals surface area contributed by atoms with Crippen LogP contribution in [0, 0.1) is 29.6 Å². The van der Waals surface area contributed by atoms with Crippen LogP contribution in [0.25, 0.3) is 0 Å². The van der Waals surface area contributed by atoms with E-state index in [0.29, 0.717) is 13.0 Å². The topological polar surface area (TPSA) is 135 Å². The predicted molar refractivity (Wildman–Crippen MR) is 210 cm³/mol. The third-order valence-electron chi connectivity index (χ3n) is 11.4. The summed E-state index contributed by atoms with van der Waals surface area (Å²) in [6.07, 6.45) is 1.32. The zero-order valence-corrected chi connectivity index (χ0v) is 35.3. The number of Topliss-reactive ketones (excluding diaryl/α,β-unsaturated/α-hetero) is 1. The number of hydrogen-bond donors (Lipinski definition) is 1. The van der Waals surface area contributed by atoms with E-state index in [4.69, 9.17) is 14.2 Å². The summed E-state index contributed by atoms with van der Waals surface area (Å²) < 4.78 is 17.0. The first-order chi connectivity index (χ1) is 25.4. The summed E-state index contributed by atoms with van der Waals surface area (Å²) in [5.41, 5.74) is 0.879. The second kappa shape index (κ2) is 22.3. The maximum absolute atomic E-state index is 14.3. The average Bonchev–Trinajstić information content (AvgIpc) is 3.62. The lowest BCUT2D eigenvalue weighted by atomic mass is 9.83. The SMILES string of the molecule is CCC(C)[C@@H]([C@@H](CC(=O)N1CCC[C@H]1[C@H](OC)[C@@H](C)C(=O)NC(Cc1ccccc1)C(=O)OC)OC)N(C)C(=O)[C@@H](CC(=O)[C@H](C(C)C)N(C)C)C(C)C. The Morgan fingerprint density at radius 3 is 2.02 bits per heavy atom. The van der Waals surface area contributed by atoms with Crippen LogP contribution in [0.2, 0.25) is 0 Å². The summed E-state index contributed by atoms with van der Waals surface area (Å²) in [4.78, 5) is 73.8. The maximum atomic E-state index is 14.3. The van der Waals surface area contributed by atoms with Crippen LogP contribution in [0.1, 0.15) is 86.1 Å². The van der Waals surface area contributed by atoms with Crippen LogP contribution in [0.15, 0.2) is 30.3 Å². The highest BCUT2D eigenvalue weighted by Crippen LogP contribution is 2.31. The first-order valence-electron chi connectivity index (χ1n) is 19.7. The summed E-state index contributed by atoms with van der Waals surface area (Å²) in [6.45, 7) is 14.3. The molecule has 12 heteroatoms. The lowest BCUT2D eigenvalue weighted by Gasteiger charge is -2.41. The van der Waals surface area contributed by atoms with Gasteiger partial charge in [-0.25, -0.2) is 4.79 Å². The number of likely N-dealkylation sites (N-methyl/N-ethyl adjacent to an activating group) is 2. The van der Waals surface area contributed by atoms with Crippen LogP contribution in [0.3, 0.4) is 0 Å². The molecule has 2 unspecified atom stereocenters. The number of amides is 3. The monoisotopic (exact) mass is 759 g/mol. The minimum absolute atomic E-state index is 0.00568. The molecule has 2 rings (SSSR count). The van der Waals surface area contributed by atoms with Gasteiger partial charge in [0.05, 0.1) is 49.8 Å². The lowest BCUT2D eigenvalue weighted by Crippen LogP contribution is -2.55. The van der Waals surface area contributed by atoms with Crippen molar-refractivity contribution in [3.63, 3.8) is 0 Å². The fourth-order valence-corrected chi connectivity index (χ4v) is 8.26. The number of carbonyl (C=O) groups is 5. The highest BCUT2D eigenvalue weighted by molar-refractivity contribution is 5.90. The van der Waals surface area contributed by atoms with Crippen LogP contribution in [-0.2, 0) is 44.6 Å². The molecule has 12 nitrogen and oxygen atoms in total. The number of ether oxygens (including phenoxy) is 3. The number of likely N-dealkylation sites (tertiary alicyclic amines) is 1. The number of methoxy groups -OCH3 is 3. The number of carbonyl (C=O) groups excluding carboxylic acids is 5. The fourth-order valence-electron chi connectivity index (χ4n) is 8.26. The van der Waals surface area contributed by atoms with Crippen molar-refractivity contribution in [2.45, 2.75) is 123 Å². The van der Waals surface area contributed by atoms with Crippen molar-refractivity contribution in [1.29, 1.82) is 0 Å². The molecule has 0 radical (unpaired) electrons. The number of nitrogens with zero attached hydrogens (tertiary/aromatic N) is 3. The van der Waals surface area contributed by atoms with Crippen LogP contribution < -0.4 is 5.32 Å². The maximum Gasteiger partial charge on any atom is 0.328 e. The van der Waals surface area contributed by atoms with Gasteiger partial charge < -0.3 is 29.3 Å². The molecule has 306 valence electrons. The van der Waals surface area contributed by atoms with Crippen LogP contribution >= 0.6 is 0 Å². The van der Waals surface area contributed by atoms with Gasteiger partial charge in [0.1, 0.15) is 6.04 Å². The fraction of sp³-hybridized carbons (Fsp3) is 0.738. The van der Waals surface area contributed by atoms with Gasteiger partial charge in [-0.3, -0.25) is 24.1 Å². The molecule has 54 heavy (non-hydrogen) atoms. The Morgan fingerprint density at radius 2 is 1.52 bits per heavy atom. The van der Waals surface area contributed by atoms with E-state index in [9.17, 15) is 24.0 Å². The van der Waals surface area contributed by atoms with Gasteiger partial charge in [-0.2, -0.15) is 0 Å². The molecular weight excluding hydrogens is 688 g/mol. The molecule has 1 heterocycles. The number of rotatable bonds is 22. The Balaban J connectivity index is 2.29. The van der Waals surface area contributed by atoms with Gasteiger partial charge in [-0.1, -0.05) is 85.2 Å². The molecular formula is C42H70N4O8. The smallest absolute Gasteiger partial charge is 0.328 e. The number of hydrogen-bond acceptors (Lipinski definition) is 9. The van der Waals surface area contributed by atoms with Crippen molar-refractivity contribution in [3.8, 4) is 0 Å². The summed E-state index contributed by atoms with van der Waals surface area (Å²) >= 11 is 0. The molecule has 1 aromatic carbocycles. The standard InChI is InChI=1S/C42H70N4O8/c1-14-28(6)38(45(10)41(50)31(26(2)3)24-34(47)37(27(4)5)44(8)9)35(52-11)25-36(48)46-22-18-21-33(46)39(53-12)29(7)40(49)43-32(42(51)54-13)23-30-19-16-15-17-20-30/h15-17,19-20,26-29,31-33,35,37-39H,14,18,21-25H2,1-13H3,(H,43,49)/t28?,29-,31+,32?,33+,35-,37+,38+,39-/m1/s1. The van der Waals surface area contributed by atoms with Crippen molar-refractivity contribution in [3.05, 3.63) is 35.9 Å². The number of benzene rings is 1. The van der Waals surface area contributed by atoms with Crippen molar-refractivity contribution in [2.24, 2.45) is 29.6 Å². The quantitative estimate of drug-likeness (QED) is 0.168.